The highest BCUT2D eigenvalue weighted by atomic mass is 32.2. The molecule has 5 heteroatoms. The van der Waals surface area contributed by atoms with E-state index in [2.05, 4.69) is 10.0 Å². The minimum absolute atomic E-state index is 0.161. The van der Waals surface area contributed by atoms with Crippen LogP contribution >= 0.6 is 0 Å². The van der Waals surface area contributed by atoms with Crippen molar-refractivity contribution in [2.24, 2.45) is 0 Å². The Morgan fingerprint density at radius 2 is 1.92 bits per heavy atom. The summed E-state index contributed by atoms with van der Waals surface area (Å²) in [7, 11) is -1.10. The first-order chi connectivity index (χ1) is 6.07. The number of hydrogen-bond donors (Lipinski definition) is 2. The first kappa shape index (κ1) is 10.9. The summed E-state index contributed by atoms with van der Waals surface area (Å²) in [6.07, 6.45) is 2.51. The maximum Gasteiger partial charge on any atom is 0.211 e. The fraction of sp³-hybridized carbons (Fsp3) is 1.00. The van der Waals surface area contributed by atoms with Gasteiger partial charge in [0, 0.05) is 12.1 Å². The second-order valence-corrected chi connectivity index (χ2v) is 5.46. The second kappa shape index (κ2) is 4.39. The Bertz CT molecular complexity index is 245. The highest BCUT2D eigenvalue weighted by Gasteiger charge is 2.30. The largest absolute Gasteiger partial charge is 0.317 e. The third kappa shape index (κ3) is 3.25. The predicted octanol–water partition coefficient (Wildman–Crippen LogP) is 0.0662. The molecule has 0 amide bonds. The van der Waals surface area contributed by atoms with Gasteiger partial charge in [-0.2, -0.15) is 0 Å². The lowest BCUT2D eigenvalue weighted by atomic mass is 9.88. The van der Waals surface area contributed by atoms with Gasteiger partial charge in [0.25, 0.3) is 0 Å². The normalized spacial score (nSPS) is 28.5. The molecule has 4 nitrogen and oxygen atoms in total. The van der Waals surface area contributed by atoms with Gasteiger partial charge in [-0.25, -0.2) is 13.1 Å². The molecule has 0 aliphatic heterocycles. The molecule has 0 heterocycles. The summed E-state index contributed by atoms with van der Waals surface area (Å²) in [5, 5.41) is 3.11. The third-order valence-corrected chi connectivity index (χ3v) is 4.00. The molecule has 1 saturated carbocycles. The predicted molar refractivity (Wildman–Crippen MR) is 53.1 cm³/mol. The van der Waals surface area contributed by atoms with Gasteiger partial charge in [-0.1, -0.05) is 6.92 Å². The number of rotatable bonds is 5. The summed E-state index contributed by atoms with van der Waals surface area (Å²) in [5.74, 6) is 0.244. The van der Waals surface area contributed by atoms with E-state index >= 15 is 0 Å². The van der Waals surface area contributed by atoms with Crippen molar-refractivity contribution in [1.82, 2.24) is 10.0 Å². The maximum absolute atomic E-state index is 11.3. The zero-order valence-electron chi connectivity index (χ0n) is 8.21. The molecule has 0 radical (unpaired) electrons. The van der Waals surface area contributed by atoms with Crippen LogP contribution in [0, 0.1) is 0 Å². The van der Waals surface area contributed by atoms with Crippen LogP contribution in [0.5, 0.6) is 0 Å². The summed E-state index contributed by atoms with van der Waals surface area (Å²) in [4.78, 5) is 0. The molecular weight excluding hydrogens is 188 g/mol. The van der Waals surface area contributed by atoms with E-state index in [0.29, 0.717) is 12.5 Å². The van der Waals surface area contributed by atoms with Gasteiger partial charge < -0.3 is 5.32 Å². The second-order valence-electron chi connectivity index (χ2n) is 3.59. The van der Waals surface area contributed by atoms with Crippen molar-refractivity contribution >= 4 is 10.0 Å². The van der Waals surface area contributed by atoms with Crippen molar-refractivity contribution in [2.75, 3.05) is 12.8 Å². The van der Waals surface area contributed by atoms with Crippen molar-refractivity contribution in [3.63, 3.8) is 0 Å². The fourth-order valence-electron chi connectivity index (χ4n) is 1.53. The van der Waals surface area contributed by atoms with Crippen molar-refractivity contribution in [2.45, 2.75) is 38.3 Å². The van der Waals surface area contributed by atoms with Crippen LogP contribution in [0.15, 0.2) is 0 Å². The van der Waals surface area contributed by atoms with Crippen LogP contribution in [0.2, 0.25) is 0 Å². The fourth-order valence-corrected chi connectivity index (χ4v) is 2.89. The minimum atomic E-state index is -3.00. The van der Waals surface area contributed by atoms with Gasteiger partial charge in [0.05, 0.1) is 5.75 Å². The van der Waals surface area contributed by atoms with E-state index in [4.69, 9.17) is 0 Å². The zero-order chi connectivity index (χ0) is 9.90. The summed E-state index contributed by atoms with van der Waals surface area (Å²) >= 11 is 0. The lowest BCUT2D eigenvalue weighted by Gasteiger charge is -2.35. The average molecular weight is 206 g/mol. The van der Waals surface area contributed by atoms with Gasteiger partial charge >= 0.3 is 0 Å². The zero-order valence-corrected chi connectivity index (χ0v) is 9.02. The third-order valence-electron chi connectivity index (χ3n) is 2.37. The molecule has 0 unspecified atom stereocenters. The summed E-state index contributed by atoms with van der Waals surface area (Å²) < 4.78 is 25.3. The number of hydrogen-bond acceptors (Lipinski definition) is 3. The highest BCUT2D eigenvalue weighted by molar-refractivity contribution is 7.89. The summed E-state index contributed by atoms with van der Waals surface area (Å²) in [6, 6.07) is 0.656. The van der Waals surface area contributed by atoms with Crippen molar-refractivity contribution in [3.05, 3.63) is 0 Å². The molecule has 2 N–H and O–H groups in total. The van der Waals surface area contributed by atoms with Crippen molar-refractivity contribution in [3.8, 4) is 0 Å². The molecule has 0 aromatic rings. The van der Waals surface area contributed by atoms with E-state index in [0.717, 1.165) is 12.8 Å². The van der Waals surface area contributed by atoms with Crippen molar-refractivity contribution in [1.29, 1.82) is 0 Å². The topological polar surface area (TPSA) is 58.2 Å². The first-order valence-electron chi connectivity index (χ1n) is 4.74. The molecular formula is C8H18N2O2S. The number of sulfonamides is 1. The van der Waals surface area contributed by atoms with Gasteiger partial charge in [0.1, 0.15) is 0 Å². The molecule has 0 aromatic heterocycles. The average Bonchev–Trinajstić information content (AvgIpc) is 1.95. The van der Waals surface area contributed by atoms with Gasteiger partial charge in [-0.15, -0.1) is 0 Å². The van der Waals surface area contributed by atoms with E-state index in [-0.39, 0.29) is 11.8 Å². The van der Waals surface area contributed by atoms with Gasteiger partial charge in [-0.05, 0) is 26.3 Å². The maximum atomic E-state index is 11.3. The molecule has 13 heavy (non-hydrogen) atoms. The Morgan fingerprint density at radius 1 is 1.31 bits per heavy atom. The van der Waals surface area contributed by atoms with E-state index in [1.54, 1.807) is 0 Å². The number of nitrogens with one attached hydrogen (secondary N) is 2. The Morgan fingerprint density at radius 3 is 2.38 bits per heavy atom. The molecule has 0 atom stereocenters. The SMILES string of the molecule is CCCS(=O)(=O)NC1CC(NC)C1. The molecule has 1 aliphatic carbocycles. The van der Waals surface area contributed by atoms with E-state index in [1.165, 1.54) is 0 Å². The Balaban J connectivity index is 2.27. The highest BCUT2D eigenvalue weighted by Crippen LogP contribution is 2.20. The molecule has 1 aliphatic rings. The lowest BCUT2D eigenvalue weighted by molar-refractivity contribution is 0.289. The Kier molecular flexibility index (Phi) is 3.70. The molecule has 1 rings (SSSR count). The lowest BCUT2D eigenvalue weighted by Crippen LogP contribution is -2.51. The molecule has 0 spiro atoms. The smallest absolute Gasteiger partial charge is 0.211 e. The van der Waals surface area contributed by atoms with Crippen LogP contribution in [0.1, 0.15) is 26.2 Å². The molecule has 0 saturated heterocycles. The van der Waals surface area contributed by atoms with E-state index in [1.807, 2.05) is 14.0 Å². The van der Waals surface area contributed by atoms with E-state index in [9.17, 15) is 8.42 Å². The quantitative estimate of drug-likeness (QED) is 0.669. The van der Waals surface area contributed by atoms with Crippen LogP contribution in [0.4, 0.5) is 0 Å². The van der Waals surface area contributed by atoms with Crippen LogP contribution in [0.25, 0.3) is 0 Å². The molecule has 1 fully saturated rings. The van der Waals surface area contributed by atoms with Gasteiger partial charge in [0.2, 0.25) is 10.0 Å². The van der Waals surface area contributed by atoms with Gasteiger partial charge in [0.15, 0.2) is 0 Å². The van der Waals surface area contributed by atoms with Crippen LogP contribution in [-0.4, -0.2) is 33.3 Å². The summed E-state index contributed by atoms with van der Waals surface area (Å²) in [6.45, 7) is 1.87. The van der Waals surface area contributed by atoms with Gasteiger partial charge in [-0.3, -0.25) is 0 Å². The standard InChI is InChI=1S/C8H18N2O2S/c1-3-4-13(11,12)10-8-5-7(6-8)9-2/h7-10H,3-6H2,1-2H3. The molecule has 0 bridgehead atoms. The Labute approximate surface area is 80.1 Å². The molecule has 78 valence electrons. The van der Waals surface area contributed by atoms with Crippen LogP contribution < -0.4 is 10.0 Å². The van der Waals surface area contributed by atoms with E-state index < -0.39 is 10.0 Å². The Hall–Kier alpha value is -0.130. The summed E-state index contributed by atoms with van der Waals surface area (Å²) in [5.41, 5.74) is 0. The van der Waals surface area contributed by atoms with Crippen LogP contribution in [-0.2, 0) is 10.0 Å². The monoisotopic (exact) mass is 206 g/mol. The molecule has 0 aromatic carbocycles. The minimum Gasteiger partial charge on any atom is -0.317 e. The van der Waals surface area contributed by atoms with Crippen molar-refractivity contribution < 1.29 is 8.42 Å². The van der Waals surface area contributed by atoms with Crippen LogP contribution in [0.3, 0.4) is 0 Å². The first-order valence-corrected chi connectivity index (χ1v) is 6.40.